The average Bonchev–Trinajstić information content (AvgIpc) is 3.69. The normalized spacial score (nSPS) is 17.0. The molecule has 0 radical (unpaired) electrons. The van der Waals surface area contributed by atoms with Crippen LogP contribution in [0.1, 0.15) is 59.1 Å². The maximum Gasteiger partial charge on any atom is 0.307 e. The summed E-state index contributed by atoms with van der Waals surface area (Å²) < 4.78 is 0. The molecule has 0 unspecified atom stereocenters. The highest BCUT2D eigenvalue weighted by molar-refractivity contribution is 6.02. The minimum atomic E-state index is -0.783. The lowest BCUT2D eigenvalue weighted by atomic mass is 10.0. The number of benzene rings is 4. The number of para-hydroxylation sites is 2. The van der Waals surface area contributed by atoms with Gasteiger partial charge in [-0.3, -0.25) is 19.2 Å². The Labute approximate surface area is 312 Å². The van der Waals surface area contributed by atoms with Crippen molar-refractivity contribution >= 4 is 35.1 Å². The first kappa shape index (κ1) is 37.5. The Bertz CT molecular complexity index is 1890. The highest BCUT2D eigenvalue weighted by atomic mass is 16.4. The van der Waals surface area contributed by atoms with E-state index in [0.717, 1.165) is 85.5 Å². The van der Waals surface area contributed by atoms with Gasteiger partial charge in [0, 0.05) is 36.5 Å². The van der Waals surface area contributed by atoms with Crippen LogP contribution in [0.5, 0.6) is 0 Å². The van der Waals surface area contributed by atoms with Crippen LogP contribution >= 0.6 is 0 Å². The number of amides is 3. The highest BCUT2D eigenvalue weighted by Crippen LogP contribution is 2.34. The number of carbonyl (C=O) groups is 4. The number of hydrogen-bond donors (Lipinski definition) is 2. The van der Waals surface area contributed by atoms with Crippen LogP contribution in [-0.2, 0) is 44.9 Å². The number of piperidine rings is 2. The molecule has 4 aliphatic heterocycles. The molecule has 2 fully saturated rings. The van der Waals surface area contributed by atoms with Gasteiger partial charge in [-0.1, -0.05) is 96.1 Å². The maximum absolute atomic E-state index is 12.6. The number of aryl methyl sites for hydroxylation is 2. The molecule has 4 aliphatic rings. The third-order valence-electron chi connectivity index (χ3n) is 10.5. The third-order valence-corrected chi connectivity index (χ3v) is 10.5. The van der Waals surface area contributed by atoms with E-state index in [0.29, 0.717) is 25.3 Å². The Morgan fingerprint density at radius 1 is 0.623 bits per heavy atom. The van der Waals surface area contributed by atoms with E-state index in [9.17, 15) is 19.2 Å². The van der Waals surface area contributed by atoms with E-state index in [4.69, 9.17) is 5.11 Å². The van der Waals surface area contributed by atoms with Crippen LogP contribution in [-0.4, -0.2) is 72.0 Å². The Balaban J connectivity index is 0.000000151. The Morgan fingerprint density at radius 3 is 1.53 bits per heavy atom. The second-order valence-corrected chi connectivity index (χ2v) is 14.5. The monoisotopic (exact) mass is 714 g/mol. The van der Waals surface area contributed by atoms with Gasteiger partial charge in [0.25, 0.3) is 0 Å². The van der Waals surface area contributed by atoms with Crippen molar-refractivity contribution in [3.63, 3.8) is 0 Å². The zero-order chi connectivity index (χ0) is 37.3. The summed E-state index contributed by atoms with van der Waals surface area (Å²) in [5.74, 6) is -0.141. The second kappa shape index (κ2) is 17.5. The van der Waals surface area contributed by atoms with Gasteiger partial charge in [-0.25, -0.2) is 0 Å². The molecule has 0 aromatic heterocycles. The Hall–Kier alpha value is -5.28. The second-order valence-electron chi connectivity index (χ2n) is 14.5. The van der Waals surface area contributed by atoms with Crippen molar-refractivity contribution in [1.82, 2.24) is 10.2 Å². The minimum absolute atomic E-state index is 0.111. The van der Waals surface area contributed by atoms with E-state index in [2.05, 4.69) is 17.4 Å². The average molecular weight is 715 g/mol. The summed E-state index contributed by atoms with van der Waals surface area (Å²) in [5, 5.41) is 11.8. The number of hydrogen-bond acceptors (Lipinski definition) is 5. The number of nitrogens with zero attached hydrogens (tertiary/aromatic N) is 3. The number of rotatable bonds is 6. The third kappa shape index (κ3) is 9.59. The van der Waals surface area contributed by atoms with Crippen LogP contribution in [0.15, 0.2) is 97.1 Å². The maximum atomic E-state index is 12.6. The SMILES string of the molecule is Cc1ccc(CC(=O)N2CCC(N3C(=O)Cc4ccccc43)CC2)cc1.Cc1ccc(CC(=O)O)cc1.O=C1Cc2ccccc2N1C1CCNCC1. The fourth-order valence-corrected chi connectivity index (χ4v) is 7.67. The van der Waals surface area contributed by atoms with Gasteiger partial charge in [0.2, 0.25) is 17.7 Å². The fourth-order valence-electron chi connectivity index (χ4n) is 7.67. The van der Waals surface area contributed by atoms with E-state index >= 15 is 0 Å². The molecule has 4 heterocycles. The van der Waals surface area contributed by atoms with E-state index in [1.54, 1.807) is 0 Å². The van der Waals surface area contributed by atoms with Gasteiger partial charge in [0.15, 0.2) is 0 Å². The molecule has 0 spiro atoms. The Kier molecular flexibility index (Phi) is 12.4. The summed E-state index contributed by atoms with van der Waals surface area (Å²) in [5.41, 5.74) is 8.77. The smallest absolute Gasteiger partial charge is 0.307 e. The molecule has 8 rings (SSSR count). The molecule has 2 saturated heterocycles. The molecule has 2 N–H and O–H groups in total. The Morgan fingerprint density at radius 2 is 1.06 bits per heavy atom. The lowest BCUT2D eigenvalue weighted by Gasteiger charge is -2.37. The number of anilines is 2. The van der Waals surface area contributed by atoms with Gasteiger partial charge in [-0.2, -0.15) is 0 Å². The zero-order valence-electron chi connectivity index (χ0n) is 30.8. The lowest BCUT2D eigenvalue weighted by Crippen LogP contribution is -2.48. The molecule has 3 amide bonds. The molecule has 9 heteroatoms. The topological polar surface area (TPSA) is 110 Å². The van der Waals surface area contributed by atoms with Gasteiger partial charge >= 0.3 is 5.97 Å². The number of aliphatic carboxylic acids is 1. The first-order chi connectivity index (χ1) is 25.7. The standard InChI is InChI=1S/C22H24N2O2.C13H16N2O.C9H10O2/c1-16-6-8-17(9-7-16)14-21(25)23-12-10-19(11-13-23)24-20-5-3-2-4-18(20)15-22(24)26;16-13-9-10-3-1-2-4-12(10)15(13)11-5-7-14-8-6-11;1-7-2-4-8(5-3-7)6-9(10)11/h2-9,19H,10-15H2,1H3;1-4,11,14H,5-9H2;2-5H,6H2,1H3,(H,10,11). The first-order valence-corrected chi connectivity index (χ1v) is 18.8. The molecular weight excluding hydrogens is 665 g/mol. The summed E-state index contributed by atoms with van der Waals surface area (Å²) in [4.78, 5) is 53.3. The van der Waals surface area contributed by atoms with Crippen molar-refractivity contribution in [2.75, 3.05) is 36.0 Å². The van der Waals surface area contributed by atoms with Crippen molar-refractivity contribution in [1.29, 1.82) is 0 Å². The van der Waals surface area contributed by atoms with Gasteiger partial charge in [0.05, 0.1) is 25.7 Å². The number of fused-ring (bicyclic) bond motifs is 2. The zero-order valence-corrected chi connectivity index (χ0v) is 30.8. The van der Waals surface area contributed by atoms with Gasteiger partial charge in [0.1, 0.15) is 0 Å². The summed E-state index contributed by atoms with van der Waals surface area (Å²) in [6, 6.07) is 32.5. The van der Waals surface area contributed by atoms with E-state index in [1.807, 2.05) is 113 Å². The predicted octanol–water partition coefficient (Wildman–Crippen LogP) is 6.07. The number of carbonyl (C=O) groups excluding carboxylic acids is 3. The van der Waals surface area contributed by atoms with Crippen LogP contribution < -0.4 is 15.1 Å². The van der Waals surface area contributed by atoms with Crippen LogP contribution in [0.2, 0.25) is 0 Å². The summed E-state index contributed by atoms with van der Waals surface area (Å²) in [6.07, 6.45) is 5.49. The predicted molar refractivity (Wildman–Crippen MR) is 208 cm³/mol. The molecule has 0 aliphatic carbocycles. The van der Waals surface area contributed by atoms with Crippen molar-refractivity contribution < 1.29 is 24.3 Å². The fraction of sp³-hybridized carbons (Fsp3) is 0.364. The highest BCUT2D eigenvalue weighted by Gasteiger charge is 2.36. The van der Waals surface area contributed by atoms with Crippen LogP contribution in [0, 0.1) is 13.8 Å². The van der Waals surface area contributed by atoms with Crippen molar-refractivity contribution in [2.45, 2.75) is 77.3 Å². The summed E-state index contributed by atoms with van der Waals surface area (Å²) >= 11 is 0. The summed E-state index contributed by atoms with van der Waals surface area (Å²) in [6.45, 7) is 7.52. The molecule has 53 heavy (non-hydrogen) atoms. The lowest BCUT2D eigenvalue weighted by molar-refractivity contribution is -0.136. The van der Waals surface area contributed by atoms with Crippen LogP contribution in [0.4, 0.5) is 11.4 Å². The molecule has 0 atom stereocenters. The van der Waals surface area contributed by atoms with Gasteiger partial charge < -0.3 is 25.1 Å². The number of carboxylic acids is 1. The van der Waals surface area contributed by atoms with E-state index < -0.39 is 5.97 Å². The molecule has 0 saturated carbocycles. The van der Waals surface area contributed by atoms with Crippen molar-refractivity contribution in [2.24, 2.45) is 0 Å². The quantitative estimate of drug-likeness (QED) is 0.251. The first-order valence-electron chi connectivity index (χ1n) is 18.8. The van der Waals surface area contributed by atoms with E-state index in [-0.39, 0.29) is 30.2 Å². The number of carboxylic acid groups (broad SMARTS) is 1. The molecule has 4 aromatic rings. The van der Waals surface area contributed by atoms with Gasteiger partial charge in [-0.05, 0) is 87.0 Å². The van der Waals surface area contributed by atoms with Crippen molar-refractivity contribution in [3.05, 3.63) is 130 Å². The van der Waals surface area contributed by atoms with Crippen LogP contribution in [0.3, 0.4) is 0 Å². The molecular formula is C44H50N4O5. The van der Waals surface area contributed by atoms with E-state index in [1.165, 1.54) is 11.1 Å². The number of likely N-dealkylation sites (tertiary alicyclic amines) is 1. The summed E-state index contributed by atoms with van der Waals surface area (Å²) in [7, 11) is 0. The molecule has 9 nitrogen and oxygen atoms in total. The largest absolute Gasteiger partial charge is 0.481 e. The number of nitrogens with one attached hydrogen (secondary N) is 1. The molecule has 276 valence electrons. The molecule has 4 aromatic carbocycles. The van der Waals surface area contributed by atoms with Crippen LogP contribution in [0.25, 0.3) is 0 Å². The van der Waals surface area contributed by atoms with Gasteiger partial charge in [-0.15, -0.1) is 0 Å². The minimum Gasteiger partial charge on any atom is -0.481 e. The molecule has 0 bridgehead atoms. The van der Waals surface area contributed by atoms with Crippen molar-refractivity contribution in [3.8, 4) is 0 Å².